The van der Waals surface area contributed by atoms with Gasteiger partial charge in [-0.15, -0.1) is 11.3 Å². The van der Waals surface area contributed by atoms with Gasteiger partial charge in [0.05, 0.1) is 32.4 Å². The van der Waals surface area contributed by atoms with Crippen molar-refractivity contribution in [2.75, 3.05) is 12.4 Å². The van der Waals surface area contributed by atoms with Crippen LogP contribution in [0.15, 0.2) is 45.8 Å². The highest BCUT2D eigenvalue weighted by atomic mass is 127. The molecule has 0 aliphatic rings. The summed E-state index contributed by atoms with van der Waals surface area (Å²) < 4.78 is 13.4. The van der Waals surface area contributed by atoms with Gasteiger partial charge in [-0.2, -0.15) is 5.10 Å². The predicted octanol–water partition coefficient (Wildman–Crippen LogP) is 4.47. The molecule has 0 spiro atoms. The number of hydrogen-bond donors (Lipinski definition) is 1. The van der Waals surface area contributed by atoms with Crippen molar-refractivity contribution < 1.29 is 19.1 Å². The summed E-state index contributed by atoms with van der Waals surface area (Å²) in [6, 6.07) is 11.3. The van der Waals surface area contributed by atoms with Crippen LogP contribution in [0.4, 0.5) is 0 Å². The summed E-state index contributed by atoms with van der Waals surface area (Å²) in [5.41, 5.74) is 4.15. The Morgan fingerprint density at radius 1 is 1.33 bits per heavy atom. The van der Waals surface area contributed by atoms with E-state index in [0.717, 1.165) is 14.6 Å². The molecule has 30 heavy (non-hydrogen) atoms. The minimum atomic E-state index is -0.423. The molecule has 7 nitrogen and oxygen atoms in total. The zero-order chi connectivity index (χ0) is 21.5. The van der Waals surface area contributed by atoms with Crippen LogP contribution in [0, 0.1) is 3.57 Å². The Bertz CT molecular complexity index is 1070. The second kappa shape index (κ2) is 10.7. The Kier molecular flexibility index (Phi) is 8.05. The van der Waals surface area contributed by atoms with Crippen LogP contribution < -0.4 is 14.9 Å². The molecule has 1 aromatic heterocycles. The number of rotatable bonds is 8. The van der Waals surface area contributed by atoms with Gasteiger partial charge in [-0.25, -0.2) is 10.4 Å². The van der Waals surface area contributed by atoms with Gasteiger partial charge >= 0.3 is 5.97 Å². The number of benzene rings is 2. The standard InChI is InChI=1S/C20H18IN3O4S2/c1-3-27-16-9-13(8-14(21)19(16)28-12(2)25)10-22-24-18(26)11-29-20-23-15-6-4-5-7-17(15)30-20/h4-10H,3,11H2,1-2H3,(H,24,26)/b22-10-. The number of fused-ring (bicyclic) bond motifs is 1. The van der Waals surface area contributed by atoms with E-state index in [9.17, 15) is 9.59 Å². The Labute approximate surface area is 195 Å². The van der Waals surface area contributed by atoms with E-state index in [1.807, 2.05) is 31.2 Å². The van der Waals surface area contributed by atoms with Crippen LogP contribution in [0.1, 0.15) is 19.4 Å². The fraction of sp³-hybridized carbons (Fsp3) is 0.200. The Morgan fingerprint density at radius 2 is 2.13 bits per heavy atom. The Balaban J connectivity index is 1.59. The van der Waals surface area contributed by atoms with Crippen molar-refractivity contribution >= 4 is 74.0 Å². The molecule has 0 atom stereocenters. The summed E-state index contributed by atoms with van der Waals surface area (Å²) in [6.45, 7) is 3.60. The van der Waals surface area contributed by atoms with Gasteiger partial charge < -0.3 is 9.47 Å². The third-order valence-corrected chi connectivity index (χ3v) is 6.56. The van der Waals surface area contributed by atoms with Gasteiger partial charge in [0, 0.05) is 6.92 Å². The number of ether oxygens (including phenoxy) is 2. The third kappa shape index (κ3) is 6.16. The lowest BCUT2D eigenvalue weighted by atomic mass is 10.2. The maximum atomic E-state index is 12.1. The third-order valence-electron chi connectivity index (χ3n) is 3.58. The fourth-order valence-electron chi connectivity index (χ4n) is 2.42. The monoisotopic (exact) mass is 555 g/mol. The number of esters is 1. The molecule has 1 amide bonds. The van der Waals surface area contributed by atoms with Crippen molar-refractivity contribution in [3.05, 3.63) is 45.5 Å². The maximum Gasteiger partial charge on any atom is 0.308 e. The maximum absolute atomic E-state index is 12.1. The molecule has 0 radical (unpaired) electrons. The molecule has 0 saturated carbocycles. The van der Waals surface area contributed by atoms with Crippen molar-refractivity contribution in [3.63, 3.8) is 0 Å². The smallest absolute Gasteiger partial charge is 0.308 e. The van der Waals surface area contributed by atoms with Gasteiger partial charge in [-0.1, -0.05) is 23.9 Å². The number of hydrogen-bond acceptors (Lipinski definition) is 8. The molecule has 1 N–H and O–H groups in total. The van der Waals surface area contributed by atoms with Gasteiger partial charge in [0.2, 0.25) is 0 Å². The number of nitrogens with zero attached hydrogens (tertiary/aromatic N) is 2. The number of thioether (sulfide) groups is 1. The SMILES string of the molecule is CCOc1cc(/C=N\NC(=O)CSc2nc3ccccc3s2)cc(I)c1OC(C)=O. The highest BCUT2D eigenvalue weighted by Gasteiger charge is 2.14. The van der Waals surface area contributed by atoms with E-state index >= 15 is 0 Å². The Hall–Kier alpha value is -2.18. The van der Waals surface area contributed by atoms with Crippen molar-refractivity contribution in [2.45, 2.75) is 18.2 Å². The van der Waals surface area contributed by atoms with E-state index in [0.29, 0.717) is 27.2 Å². The normalized spacial score (nSPS) is 11.0. The number of thiazole rings is 1. The lowest BCUT2D eigenvalue weighted by Crippen LogP contribution is -2.19. The van der Waals surface area contributed by atoms with Crippen LogP contribution in [0.2, 0.25) is 0 Å². The molecule has 2 aromatic carbocycles. The van der Waals surface area contributed by atoms with E-state index in [4.69, 9.17) is 9.47 Å². The van der Waals surface area contributed by atoms with Gasteiger partial charge in [0.25, 0.3) is 5.91 Å². The van der Waals surface area contributed by atoms with E-state index < -0.39 is 5.97 Å². The van der Waals surface area contributed by atoms with Crippen molar-refractivity contribution in [1.29, 1.82) is 0 Å². The molecular formula is C20H18IN3O4S2. The number of hydrazone groups is 1. The quantitative estimate of drug-likeness (QED) is 0.110. The van der Waals surface area contributed by atoms with Crippen molar-refractivity contribution in [3.8, 4) is 11.5 Å². The highest BCUT2D eigenvalue weighted by Crippen LogP contribution is 2.34. The summed E-state index contributed by atoms with van der Waals surface area (Å²) in [7, 11) is 0. The lowest BCUT2D eigenvalue weighted by Gasteiger charge is -2.12. The first kappa shape index (κ1) is 22.5. The molecule has 0 aliphatic carbocycles. The van der Waals surface area contributed by atoms with Crippen LogP contribution in [-0.2, 0) is 9.59 Å². The first-order valence-electron chi connectivity index (χ1n) is 8.91. The second-order valence-electron chi connectivity index (χ2n) is 5.89. The van der Waals surface area contributed by atoms with Crippen molar-refractivity contribution in [2.24, 2.45) is 5.10 Å². The Morgan fingerprint density at radius 3 is 2.87 bits per heavy atom. The van der Waals surface area contributed by atoms with Crippen LogP contribution in [0.5, 0.6) is 11.5 Å². The summed E-state index contributed by atoms with van der Waals surface area (Å²) in [5.74, 6) is 0.377. The fourth-order valence-corrected chi connectivity index (χ4v) is 5.02. The minimum absolute atomic E-state index is 0.213. The molecule has 0 unspecified atom stereocenters. The first-order chi connectivity index (χ1) is 14.5. The zero-order valence-corrected chi connectivity index (χ0v) is 20.0. The number of nitrogens with one attached hydrogen (secondary N) is 1. The topological polar surface area (TPSA) is 89.9 Å². The number of carbonyl (C=O) groups excluding carboxylic acids is 2. The molecule has 3 aromatic rings. The molecule has 0 aliphatic heterocycles. The highest BCUT2D eigenvalue weighted by molar-refractivity contribution is 14.1. The second-order valence-corrected chi connectivity index (χ2v) is 9.30. The molecule has 0 saturated heterocycles. The molecule has 0 bridgehead atoms. The largest absolute Gasteiger partial charge is 0.490 e. The van der Waals surface area contributed by atoms with Crippen LogP contribution in [0.3, 0.4) is 0 Å². The molecule has 10 heteroatoms. The average molecular weight is 555 g/mol. The number of halogens is 1. The van der Waals surface area contributed by atoms with Gasteiger partial charge in [0.15, 0.2) is 15.8 Å². The number of amides is 1. The summed E-state index contributed by atoms with van der Waals surface area (Å²) in [5, 5.41) is 4.01. The predicted molar refractivity (Wildman–Crippen MR) is 128 cm³/mol. The molecule has 0 fully saturated rings. The molecular weight excluding hydrogens is 537 g/mol. The number of aromatic nitrogens is 1. The van der Waals surface area contributed by atoms with Gasteiger partial charge in [-0.05, 0) is 59.3 Å². The minimum Gasteiger partial charge on any atom is -0.490 e. The van der Waals surface area contributed by atoms with Crippen molar-refractivity contribution in [1.82, 2.24) is 10.4 Å². The summed E-state index contributed by atoms with van der Waals surface area (Å²) in [6.07, 6.45) is 1.52. The van der Waals surface area contributed by atoms with E-state index in [1.165, 1.54) is 24.9 Å². The number of para-hydroxylation sites is 1. The van der Waals surface area contributed by atoms with Gasteiger partial charge in [0.1, 0.15) is 0 Å². The van der Waals surface area contributed by atoms with Crippen LogP contribution in [-0.4, -0.2) is 35.4 Å². The van der Waals surface area contributed by atoms with Gasteiger partial charge in [-0.3, -0.25) is 9.59 Å². The molecule has 156 valence electrons. The zero-order valence-electron chi connectivity index (χ0n) is 16.2. The summed E-state index contributed by atoms with van der Waals surface area (Å²) in [4.78, 5) is 27.9. The molecule has 1 heterocycles. The van der Waals surface area contributed by atoms with E-state index in [2.05, 4.69) is 38.1 Å². The molecule has 3 rings (SSSR count). The van der Waals surface area contributed by atoms with E-state index in [-0.39, 0.29) is 11.7 Å². The average Bonchev–Trinajstić information content (AvgIpc) is 3.12. The first-order valence-corrected chi connectivity index (χ1v) is 11.8. The van der Waals surface area contributed by atoms with Crippen LogP contribution >= 0.6 is 45.7 Å². The number of carbonyl (C=O) groups is 2. The lowest BCUT2D eigenvalue weighted by molar-refractivity contribution is -0.132. The van der Waals surface area contributed by atoms with Crippen LogP contribution in [0.25, 0.3) is 10.2 Å². The van der Waals surface area contributed by atoms with E-state index in [1.54, 1.807) is 23.5 Å². The summed E-state index contributed by atoms with van der Waals surface area (Å²) >= 11 is 4.99.